The van der Waals surface area contributed by atoms with E-state index in [-0.39, 0.29) is 5.75 Å². The summed E-state index contributed by atoms with van der Waals surface area (Å²) in [5, 5.41) is 1.96. The first kappa shape index (κ1) is 12.2. The lowest BCUT2D eigenvalue weighted by molar-refractivity contribution is 0.415. The highest BCUT2D eigenvalue weighted by Crippen LogP contribution is 2.23. The average molecular weight is 271 g/mol. The van der Waals surface area contributed by atoms with Gasteiger partial charge in [-0.25, -0.2) is 8.42 Å². The van der Waals surface area contributed by atoms with E-state index in [1.54, 1.807) is 13.2 Å². The summed E-state index contributed by atoms with van der Waals surface area (Å²) in [6, 6.07) is 11.0. The molecule has 0 bridgehead atoms. The first-order chi connectivity index (χ1) is 7.98. The third kappa shape index (κ3) is 3.11. The molecule has 0 amide bonds. The van der Waals surface area contributed by atoms with Crippen molar-refractivity contribution in [3.8, 4) is 5.75 Å². The Bertz CT molecular complexity index is 650. The number of ether oxygens (including phenoxy) is 1. The monoisotopic (exact) mass is 270 g/mol. The van der Waals surface area contributed by atoms with E-state index in [1.165, 1.54) is 0 Å². The van der Waals surface area contributed by atoms with E-state index in [1.807, 2.05) is 30.3 Å². The Morgan fingerprint density at radius 1 is 1.12 bits per heavy atom. The lowest BCUT2D eigenvalue weighted by Crippen LogP contribution is -1.94. The van der Waals surface area contributed by atoms with Gasteiger partial charge in [0.2, 0.25) is 9.05 Å². The van der Waals surface area contributed by atoms with Gasteiger partial charge in [-0.3, -0.25) is 0 Å². The van der Waals surface area contributed by atoms with Crippen LogP contribution in [0.25, 0.3) is 10.8 Å². The van der Waals surface area contributed by atoms with Crippen LogP contribution in [0.2, 0.25) is 0 Å². The number of methoxy groups -OCH3 is 1. The van der Waals surface area contributed by atoms with Crippen molar-refractivity contribution in [2.75, 3.05) is 7.11 Å². The molecule has 0 saturated carbocycles. The standard InChI is InChI=1S/C12H11ClO3S/c1-16-12-5-4-10-6-9(8-17(13,14)15)2-3-11(10)7-12/h2-7H,8H2,1H3. The van der Waals surface area contributed by atoms with E-state index in [9.17, 15) is 8.42 Å². The molecular formula is C12H11ClO3S. The number of hydrogen-bond donors (Lipinski definition) is 0. The van der Waals surface area contributed by atoms with E-state index < -0.39 is 9.05 Å². The van der Waals surface area contributed by atoms with Crippen molar-refractivity contribution in [3.63, 3.8) is 0 Å². The quantitative estimate of drug-likeness (QED) is 0.806. The van der Waals surface area contributed by atoms with Crippen LogP contribution in [0.1, 0.15) is 5.56 Å². The highest BCUT2D eigenvalue weighted by atomic mass is 35.7. The van der Waals surface area contributed by atoms with Crippen molar-refractivity contribution in [1.82, 2.24) is 0 Å². The molecule has 0 N–H and O–H groups in total. The lowest BCUT2D eigenvalue weighted by Gasteiger charge is -2.04. The highest BCUT2D eigenvalue weighted by molar-refractivity contribution is 8.13. The summed E-state index contributed by atoms with van der Waals surface area (Å²) in [6.45, 7) is 0. The molecule has 0 aliphatic rings. The van der Waals surface area contributed by atoms with E-state index in [4.69, 9.17) is 15.4 Å². The van der Waals surface area contributed by atoms with Crippen LogP contribution < -0.4 is 4.74 Å². The topological polar surface area (TPSA) is 43.4 Å². The van der Waals surface area contributed by atoms with Gasteiger partial charge < -0.3 is 4.74 Å². The molecule has 0 aliphatic heterocycles. The molecule has 90 valence electrons. The molecule has 0 heterocycles. The number of fused-ring (bicyclic) bond motifs is 1. The number of hydrogen-bond acceptors (Lipinski definition) is 3. The highest BCUT2D eigenvalue weighted by Gasteiger charge is 2.07. The minimum absolute atomic E-state index is 0.156. The zero-order valence-corrected chi connectivity index (χ0v) is 10.8. The van der Waals surface area contributed by atoms with Crippen LogP contribution in [0.15, 0.2) is 36.4 Å². The molecule has 0 spiro atoms. The van der Waals surface area contributed by atoms with Crippen molar-refractivity contribution < 1.29 is 13.2 Å². The molecular weight excluding hydrogens is 260 g/mol. The third-order valence-corrected chi connectivity index (χ3v) is 3.46. The van der Waals surface area contributed by atoms with Crippen LogP contribution in [0.5, 0.6) is 5.75 Å². The van der Waals surface area contributed by atoms with Gasteiger partial charge in [0.15, 0.2) is 0 Å². The molecule has 17 heavy (non-hydrogen) atoms. The molecule has 5 heteroatoms. The van der Waals surface area contributed by atoms with E-state index in [0.29, 0.717) is 5.56 Å². The van der Waals surface area contributed by atoms with Crippen molar-refractivity contribution in [2.24, 2.45) is 0 Å². The molecule has 2 rings (SSSR count). The fraction of sp³-hybridized carbons (Fsp3) is 0.167. The predicted octanol–water partition coefficient (Wildman–Crippen LogP) is 2.92. The number of benzene rings is 2. The Balaban J connectivity index is 2.45. The summed E-state index contributed by atoms with van der Waals surface area (Å²) in [6.07, 6.45) is 0. The van der Waals surface area contributed by atoms with Crippen LogP contribution in [0, 0.1) is 0 Å². The van der Waals surface area contributed by atoms with Gasteiger partial charge in [0.1, 0.15) is 5.75 Å². The predicted molar refractivity (Wildman–Crippen MR) is 69.0 cm³/mol. The molecule has 2 aromatic carbocycles. The molecule has 0 radical (unpaired) electrons. The van der Waals surface area contributed by atoms with Gasteiger partial charge in [-0.05, 0) is 28.5 Å². The Kier molecular flexibility index (Phi) is 3.26. The van der Waals surface area contributed by atoms with E-state index in [0.717, 1.165) is 16.5 Å². The smallest absolute Gasteiger partial charge is 0.236 e. The molecule has 3 nitrogen and oxygen atoms in total. The van der Waals surface area contributed by atoms with Crippen LogP contribution >= 0.6 is 10.7 Å². The fourth-order valence-electron chi connectivity index (χ4n) is 1.69. The second-order valence-corrected chi connectivity index (χ2v) is 6.51. The lowest BCUT2D eigenvalue weighted by atomic mass is 10.1. The van der Waals surface area contributed by atoms with Gasteiger partial charge in [-0.2, -0.15) is 0 Å². The van der Waals surface area contributed by atoms with Gasteiger partial charge in [0, 0.05) is 10.7 Å². The first-order valence-electron chi connectivity index (χ1n) is 4.97. The minimum Gasteiger partial charge on any atom is -0.497 e. The van der Waals surface area contributed by atoms with E-state index >= 15 is 0 Å². The zero-order chi connectivity index (χ0) is 12.5. The fourth-order valence-corrected chi connectivity index (χ4v) is 2.64. The average Bonchev–Trinajstić information content (AvgIpc) is 2.26. The van der Waals surface area contributed by atoms with Gasteiger partial charge in [-0.1, -0.05) is 24.3 Å². The number of rotatable bonds is 3. The van der Waals surface area contributed by atoms with Gasteiger partial charge in [0.05, 0.1) is 12.9 Å². The summed E-state index contributed by atoms with van der Waals surface area (Å²) in [4.78, 5) is 0. The van der Waals surface area contributed by atoms with Crippen LogP contribution in [0.4, 0.5) is 0 Å². The zero-order valence-electron chi connectivity index (χ0n) is 9.18. The molecule has 0 saturated heterocycles. The van der Waals surface area contributed by atoms with Crippen LogP contribution in [-0.4, -0.2) is 15.5 Å². The number of halogens is 1. The van der Waals surface area contributed by atoms with Gasteiger partial charge in [0.25, 0.3) is 0 Å². The van der Waals surface area contributed by atoms with E-state index in [2.05, 4.69) is 0 Å². The Labute approximate surface area is 104 Å². The van der Waals surface area contributed by atoms with Gasteiger partial charge >= 0.3 is 0 Å². The maximum atomic E-state index is 11.0. The second kappa shape index (κ2) is 4.55. The SMILES string of the molecule is COc1ccc2cc(CS(=O)(=O)Cl)ccc2c1. The molecule has 0 atom stereocenters. The van der Waals surface area contributed by atoms with Crippen molar-refractivity contribution >= 4 is 30.5 Å². The molecule has 0 aliphatic carbocycles. The van der Waals surface area contributed by atoms with Crippen molar-refractivity contribution in [1.29, 1.82) is 0 Å². The maximum Gasteiger partial charge on any atom is 0.236 e. The summed E-state index contributed by atoms with van der Waals surface area (Å²) >= 11 is 0. The Hall–Kier alpha value is -1.26. The van der Waals surface area contributed by atoms with Crippen molar-refractivity contribution in [2.45, 2.75) is 5.75 Å². The molecule has 0 aromatic heterocycles. The molecule has 0 fully saturated rings. The van der Waals surface area contributed by atoms with Crippen molar-refractivity contribution in [3.05, 3.63) is 42.0 Å². The maximum absolute atomic E-state index is 11.0. The Morgan fingerprint density at radius 3 is 2.41 bits per heavy atom. The minimum atomic E-state index is -3.51. The van der Waals surface area contributed by atoms with Crippen LogP contribution in [-0.2, 0) is 14.8 Å². The second-order valence-electron chi connectivity index (χ2n) is 3.73. The molecule has 0 unspecified atom stereocenters. The summed E-state index contributed by atoms with van der Waals surface area (Å²) < 4.78 is 27.1. The van der Waals surface area contributed by atoms with Gasteiger partial charge in [-0.15, -0.1) is 0 Å². The normalized spacial score (nSPS) is 11.6. The third-order valence-electron chi connectivity index (χ3n) is 2.45. The first-order valence-corrected chi connectivity index (χ1v) is 7.45. The largest absolute Gasteiger partial charge is 0.497 e. The van der Waals surface area contributed by atoms with Crippen LogP contribution in [0.3, 0.4) is 0 Å². The summed E-state index contributed by atoms with van der Waals surface area (Å²) in [7, 11) is 3.31. The Morgan fingerprint density at radius 2 is 1.76 bits per heavy atom. The summed E-state index contributed by atoms with van der Waals surface area (Å²) in [5.74, 6) is 0.617. The molecule has 2 aromatic rings. The summed E-state index contributed by atoms with van der Waals surface area (Å²) in [5.41, 5.74) is 0.678.